The molecule has 2 aromatic heterocycles. The van der Waals surface area contributed by atoms with Gasteiger partial charge in [-0.2, -0.15) is 0 Å². The van der Waals surface area contributed by atoms with Crippen molar-refractivity contribution in [2.24, 2.45) is 0 Å². The third-order valence-electron chi connectivity index (χ3n) is 2.50. The van der Waals surface area contributed by atoms with Gasteiger partial charge in [-0.1, -0.05) is 0 Å². The number of nitrogens with zero attached hydrogens (tertiary/aromatic N) is 1. The van der Waals surface area contributed by atoms with Gasteiger partial charge in [0.25, 0.3) is 0 Å². The molecule has 0 unspecified atom stereocenters. The SMILES string of the molecule is Cc1cc(CCNCc2cncs2)c(C)s1. The van der Waals surface area contributed by atoms with Crippen molar-refractivity contribution in [2.45, 2.75) is 26.8 Å². The molecule has 0 spiro atoms. The van der Waals surface area contributed by atoms with E-state index in [-0.39, 0.29) is 0 Å². The molecule has 1 N–H and O–H groups in total. The van der Waals surface area contributed by atoms with E-state index in [2.05, 4.69) is 30.2 Å². The van der Waals surface area contributed by atoms with Crippen molar-refractivity contribution in [3.8, 4) is 0 Å². The number of aryl methyl sites for hydroxylation is 2. The molecule has 0 atom stereocenters. The molecule has 2 rings (SSSR count). The van der Waals surface area contributed by atoms with Crippen molar-refractivity contribution in [3.63, 3.8) is 0 Å². The van der Waals surface area contributed by atoms with Gasteiger partial charge in [0, 0.05) is 27.4 Å². The summed E-state index contributed by atoms with van der Waals surface area (Å²) in [6, 6.07) is 2.30. The van der Waals surface area contributed by atoms with E-state index in [1.165, 1.54) is 20.2 Å². The predicted molar refractivity (Wildman–Crippen MR) is 71.3 cm³/mol. The first-order valence-electron chi connectivity index (χ1n) is 5.39. The van der Waals surface area contributed by atoms with Crippen LogP contribution in [0.3, 0.4) is 0 Å². The van der Waals surface area contributed by atoms with Crippen LogP contribution < -0.4 is 5.32 Å². The van der Waals surface area contributed by atoms with Crippen LogP contribution >= 0.6 is 22.7 Å². The highest BCUT2D eigenvalue weighted by molar-refractivity contribution is 7.12. The summed E-state index contributed by atoms with van der Waals surface area (Å²) in [4.78, 5) is 8.23. The van der Waals surface area contributed by atoms with E-state index in [0.717, 1.165) is 19.5 Å². The average Bonchev–Trinajstić information content (AvgIpc) is 2.84. The highest BCUT2D eigenvalue weighted by Crippen LogP contribution is 2.20. The second kappa shape index (κ2) is 5.57. The Kier molecular flexibility index (Phi) is 4.09. The molecule has 0 aliphatic rings. The van der Waals surface area contributed by atoms with Crippen LogP contribution in [0.4, 0.5) is 0 Å². The van der Waals surface area contributed by atoms with Gasteiger partial charge in [0.2, 0.25) is 0 Å². The van der Waals surface area contributed by atoms with Crippen LogP contribution in [-0.4, -0.2) is 11.5 Å². The molecule has 0 radical (unpaired) electrons. The Morgan fingerprint density at radius 1 is 1.38 bits per heavy atom. The molecular weight excluding hydrogens is 236 g/mol. The van der Waals surface area contributed by atoms with Crippen molar-refractivity contribution in [1.82, 2.24) is 10.3 Å². The quantitative estimate of drug-likeness (QED) is 0.827. The van der Waals surface area contributed by atoms with Gasteiger partial charge in [-0.25, -0.2) is 0 Å². The topological polar surface area (TPSA) is 24.9 Å². The number of hydrogen-bond acceptors (Lipinski definition) is 4. The molecule has 4 heteroatoms. The van der Waals surface area contributed by atoms with Gasteiger partial charge in [0.1, 0.15) is 0 Å². The number of hydrogen-bond donors (Lipinski definition) is 1. The Balaban J connectivity index is 1.74. The molecule has 2 aromatic rings. The predicted octanol–water partition coefficient (Wildman–Crippen LogP) is 3.15. The summed E-state index contributed by atoms with van der Waals surface area (Å²) >= 11 is 3.59. The minimum Gasteiger partial charge on any atom is -0.311 e. The van der Waals surface area contributed by atoms with Gasteiger partial charge in [0.15, 0.2) is 0 Å². The zero-order valence-corrected chi connectivity index (χ0v) is 11.3. The van der Waals surface area contributed by atoms with E-state index in [0.29, 0.717) is 0 Å². The Bertz CT molecular complexity index is 432. The molecule has 0 saturated heterocycles. The monoisotopic (exact) mass is 252 g/mol. The van der Waals surface area contributed by atoms with Crippen LogP contribution in [0.5, 0.6) is 0 Å². The summed E-state index contributed by atoms with van der Waals surface area (Å²) in [5, 5.41) is 3.45. The van der Waals surface area contributed by atoms with Crippen LogP contribution in [0.15, 0.2) is 17.8 Å². The highest BCUT2D eigenvalue weighted by Gasteiger charge is 2.02. The summed E-state index contributed by atoms with van der Waals surface area (Å²) in [5.41, 5.74) is 3.36. The molecule has 0 amide bonds. The third-order valence-corrected chi connectivity index (χ3v) is 4.29. The third kappa shape index (κ3) is 3.14. The molecule has 0 aliphatic carbocycles. The van der Waals surface area contributed by atoms with Crippen LogP contribution in [0, 0.1) is 13.8 Å². The van der Waals surface area contributed by atoms with Gasteiger partial charge in [-0.3, -0.25) is 4.98 Å². The van der Waals surface area contributed by atoms with Crippen LogP contribution in [0.25, 0.3) is 0 Å². The Morgan fingerprint density at radius 2 is 2.25 bits per heavy atom. The van der Waals surface area contributed by atoms with E-state index in [4.69, 9.17) is 0 Å². The fraction of sp³-hybridized carbons (Fsp3) is 0.417. The van der Waals surface area contributed by atoms with Gasteiger partial charge in [0.05, 0.1) is 5.51 Å². The van der Waals surface area contributed by atoms with E-state index < -0.39 is 0 Å². The molecule has 0 fully saturated rings. The molecule has 0 saturated carbocycles. The van der Waals surface area contributed by atoms with Crippen molar-refractivity contribution in [2.75, 3.05) is 6.54 Å². The van der Waals surface area contributed by atoms with E-state index in [9.17, 15) is 0 Å². The van der Waals surface area contributed by atoms with Crippen LogP contribution in [-0.2, 0) is 13.0 Å². The second-order valence-electron chi connectivity index (χ2n) is 3.83. The fourth-order valence-corrected chi connectivity index (χ4v) is 3.24. The minimum absolute atomic E-state index is 0.937. The van der Waals surface area contributed by atoms with Gasteiger partial charge >= 0.3 is 0 Å². The number of thiazole rings is 1. The highest BCUT2D eigenvalue weighted by atomic mass is 32.1. The fourth-order valence-electron chi connectivity index (χ4n) is 1.70. The molecular formula is C12H16N2S2. The second-order valence-corrected chi connectivity index (χ2v) is 6.26. The van der Waals surface area contributed by atoms with Crippen molar-refractivity contribution in [3.05, 3.63) is 38.0 Å². The Hall–Kier alpha value is -0.710. The van der Waals surface area contributed by atoms with E-state index in [1.54, 1.807) is 11.3 Å². The van der Waals surface area contributed by atoms with Gasteiger partial charge in [-0.05, 0) is 38.4 Å². The number of thiophene rings is 1. The van der Waals surface area contributed by atoms with Crippen molar-refractivity contribution < 1.29 is 0 Å². The van der Waals surface area contributed by atoms with E-state index >= 15 is 0 Å². The van der Waals surface area contributed by atoms with Crippen LogP contribution in [0.2, 0.25) is 0 Å². The Morgan fingerprint density at radius 3 is 2.88 bits per heavy atom. The maximum absolute atomic E-state index is 4.06. The molecule has 2 heterocycles. The zero-order chi connectivity index (χ0) is 11.4. The first-order valence-corrected chi connectivity index (χ1v) is 7.09. The maximum Gasteiger partial charge on any atom is 0.0794 e. The minimum atomic E-state index is 0.937. The first kappa shape index (κ1) is 11.8. The number of rotatable bonds is 5. The molecule has 2 nitrogen and oxygen atoms in total. The normalized spacial score (nSPS) is 10.9. The Labute approximate surface area is 104 Å². The first-order chi connectivity index (χ1) is 7.75. The number of nitrogens with one attached hydrogen (secondary N) is 1. The van der Waals surface area contributed by atoms with E-state index in [1.807, 2.05) is 23.0 Å². The average molecular weight is 252 g/mol. The molecule has 0 bridgehead atoms. The zero-order valence-electron chi connectivity index (χ0n) is 9.62. The summed E-state index contributed by atoms with van der Waals surface area (Å²) < 4.78 is 0. The molecule has 0 aliphatic heterocycles. The molecule has 86 valence electrons. The van der Waals surface area contributed by atoms with Crippen molar-refractivity contribution in [1.29, 1.82) is 0 Å². The summed E-state index contributed by atoms with van der Waals surface area (Å²) in [6.45, 7) is 6.35. The smallest absolute Gasteiger partial charge is 0.0794 e. The number of aromatic nitrogens is 1. The standard InChI is InChI=1S/C12H16N2S2/c1-9-5-11(10(2)16-9)3-4-13-6-12-7-14-8-15-12/h5,7-8,13H,3-4,6H2,1-2H3. The lowest BCUT2D eigenvalue weighted by molar-refractivity contribution is 0.692. The largest absolute Gasteiger partial charge is 0.311 e. The lowest BCUT2D eigenvalue weighted by Crippen LogP contribution is -2.15. The maximum atomic E-state index is 4.06. The lowest BCUT2D eigenvalue weighted by atomic mass is 10.2. The molecule has 0 aromatic carbocycles. The lowest BCUT2D eigenvalue weighted by Gasteiger charge is -2.02. The molecule has 16 heavy (non-hydrogen) atoms. The van der Waals surface area contributed by atoms with Gasteiger partial charge in [-0.15, -0.1) is 22.7 Å². The summed E-state index contributed by atoms with van der Waals surface area (Å²) in [6.07, 6.45) is 3.05. The van der Waals surface area contributed by atoms with Crippen LogP contribution in [0.1, 0.15) is 20.2 Å². The van der Waals surface area contributed by atoms with Gasteiger partial charge < -0.3 is 5.32 Å². The summed E-state index contributed by atoms with van der Waals surface area (Å²) in [5.74, 6) is 0. The summed E-state index contributed by atoms with van der Waals surface area (Å²) in [7, 11) is 0. The van der Waals surface area contributed by atoms with Crippen molar-refractivity contribution >= 4 is 22.7 Å².